The van der Waals surface area contributed by atoms with Gasteiger partial charge in [0.2, 0.25) is 5.95 Å². The summed E-state index contributed by atoms with van der Waals surface area (Å²) >= 11 is 0. The van der Waals surface area contributed by atoms with Crippen LogP contribution in [0.2, 0.25) is 0 Å². The van der Waals surface area contributed by atoms with Crippen LogP contribution in [-0.2, 0) is 6.54 Å². The van der Waals surface area contributed by atoms with E-state index in [-0.39, 0.29) is 17.2 Å². The first-order chi connectivity index (χ1) is 14.7. The monoisotopic (exact) mass is 433 g/mol. The summed E-state index contributed by atoms with van der Waals surface area (Å²) in [6.45, 7) is 2.24. The van der Waals surface area contributed by atoms with Gasteiger partial charge in [0, 0.05) is 12.7 Å². The van der Waals surface area contributed by atoms with E-state index in [0.29, 0.717) is 12.1 Å². The Kier molecular flexibility index (Phi) is 6.25. The average Bonchev–Trinajstić information content (AvgIpc) is 2.68. The summed E-state index contributed by atoms with van der Waals surface area (Å²) in [5, 5.41) is 4.48. The van der Waals surface area contributed by atoms with Crippen molar-refractivity contribution in [3.8, 4) is 16.9 Å². The van der Waals surface area contributed by atoms with Crippen LogP contribution in [0, 0.1) is 6.92 Å². The third kappa shape index (κ3) is 5.60. The predicted molar refractivity (Wildman–Crippen MR) is 109 cm³/mol. The number of rotatable bonds is 5. The van der Waals surface area contributed by atoms with Gasteiger partial charge in [0.25, 0.3) is 5.56 Å². The van der Waals surface area contributed by atoms with Gasteiger partial charge >= 0.3 is 12.4 Å². The lowest BCUT2D eigenvalue weighted by atomic mass is 10.0. The number of aromatic nitrogens is 2. The Balaban J connectivity index is 1.74. The quantitative estimate of drug-likeness (QED) is 0.488. The Morgan fingerprint density at radius 2 is 1.94 bits per heavy atom. The Labute approximate surface area is 174 Å². The van der Waals surface area contributed by atoms with Crippen molar-refractivity contribution in [3.05, 3.63) is 70.1 Å². The number of anilines is 2. The molecule has 31 heavy (non-hydrogen) atoms. The number of urea groups is 1. The Hall–Kier alpha value is -3.86. The molecule has 3 aromatic rings. The third-order valence-corrected chi connectivity index (χ3v) is 4.27. The first-order valence-electron chi connectivity index (χ1n) is 8.98. The van der Waals surface area contributed by atoms with Crippen molar-refractivity contribution in [1.82, 2.24) is 9.97 Å². The molecule has 0 aliphatic rings. The molecule has 11 heteroatoms. The van der Waals surface area contributed by atoms with Gasteiger partial charge in [-0.3, -0.25) is 15.1 Å². The molecule has 3 rings (SSSR count). The SMILES string of the molecule is Cc1cc(-c2cnc(NC(=O)Nc3ccccc3OC(F)(F)F)[nH]c2=O)ccc1CN. The van der Waals surface area contributed by atoms with Crippen molar-refractivity contribution >= 4 is 17.7 Å². The van der Waals surface area contributed by atoms with Gasteiger partial charge < -0.3 is 15.8 Å². The molecule has 0 aliphatic carbocycles. The van der Waals surface area contributed by atoms with E-state index in [1.807, 2.05) is 13.0 Å². The zero-order chi connectivity index (χ0) is 22.6. The summed E-state index contributed by atoms with van der Waals surface area (Å²) in [5.74, 6) is -0.769. The van der Waals surface area contributed by atoms with Gasteiger partial charge in [0.1, 0.15) is 0 Å². The molecule has 0 unspecified atom stereocenters. The van der Waals surface area contributed by atoms with E-state index >= 15 is 0 Å². The predicted octanol–water partition coefficient (Wildman–Crippen LogP) is 3.75. The summed E-state index contributed by atoms with van der Waals surface area (Å²) in [7, 11) is 0. The van der Waals surface area contributed by atoms with Crippen molar-refractivity contribution in [2.75, 3.05) is 10.6 Å². The molecule has 0 atom stereocenters. The Morgan fingerprint density at radius 3 is 2.58 bits per heavy atom. The normalized spacial score (nSPS) is 11.1. The van der Waals surface area contributed by atoms with E-state index in [1.54, 1.807) is 12.1 Å². The van der Waals surface area contributed by atoms with E-state index in [4.69, 9.17) is 5.73 Å². The van der Waals surface area contributed by atoms with Gasteiger partial charge in [-0.25, -0.2) is 9.78 Å². The lowest BCUT2D eigenvalue weighted by molar-refractivity contribution is -0.274. The summed E-state index contributed by atoms with van der Waals surface area (Å²) in [4.78, 5) is 31.0. The first kappa shape index (κ1) is 21.8. The fourth-order valence-electron chi connectivity index (χ4n) is 2.80. The Morgan fingerprint density at radius 1 is 1.19 bits per heavy atom. The number of halogens is 3. The highest BCUT2D eigenvalue weighted by atomic mass is 19.4. The molecule has 0 saturated heterocycles. The van der Waals surface area contributed by atoms with Crippen LogP contribution >= 0.6 is 0 Å². The van der Waals surface area contributed by atoms with E-state index in [9.17, 15) is 22.8 Å². The van der Waals surface area contributed by atoms with Crippen LogP contribution in [0.4, 0.5) is 29.6 Å². The minimum atomic E-state index is -4.92. The van der Waals surface area contributed by atoms with Gasteiger partial charge in [-0.05, 0) is 35.7 Å². The van der Waals surface area contributed by atoms with Gasteiger partial charge in [-0.15, -0.1) is 13.2 Å². The number of H-pyrrole nitrogens is 1. The number of alkyl halides is 3. The lowest BCUT2D eigenvalue weighted by Gasteiger charge is -2.14. The average molecular weight is 433 g/mol. The molecule has 8 nitrogen and oxygen atoms in total. The van der Waals surface area contributed by atoms with Crippen molar-refractivity contribution in [3.63, 3.8) is 0 Å². The Bertz CT molecular complexity index is 1160. The molecule has 0 bridgehead atoms. The molecule has 1 aromatic heterocycles. The minimum Gasteiger partial charge on any atom is -0.404 e. The third-order valence-electron chi connectivity index (χ3n) is 4.27. The number of aryl methyl sites for hydroxylation is 1. The topological polar surface area (TPSA) is 122 Å². The maximum Gasteiger partial charge on any atom is 0.573 e. The number of para-hydroxylation sites is 2. The lowest BCUT2D eigenvalue weighted by Crippen LogP contribution is -2.24. The van der Waals surface area contributed by atoms with Crippen molar-refractivity contribution in [2.24, 2.45) is 5.73 Å². The van der Waals surface area contributed by atoms with E-state index in [0.717, 1.165) is 17.2 Å². The number of benzene rings is 2. The molecular formula is C20H18F3N5O3. The van der Waals surface area contributed by atoms with Crippen LogP contribution in [0.25, 0.3) is 11.1 Å². The molecule has 5 N–H and O–H groups in total. The zero-order valence-corrected chi connectivity index (χ0v) is 16.2. The molecule has 0 radical (unpaired) electrons. The maximum absolute atomic E-state index is 12.5. The summed E-state index contributed by atoms with van der Waals surface area (Å²) in [6, 6.07) is 9.45. The molecular weight excluding hydrogens is 415 g/mol. The molecule has 162 valence electrons. The minimum absolute atomic E-state index is 0.184. The van der Waals surface area contributed by atoms with Crippen LogP contribution in [0.3, 0.4) is 0 Å². The number of aromatic amines is 1. The fourth-order valence-corrected chi connectivity index (χ4v) is 2.80. The van der Waals surface area contributed by atoms with Crippen LogP contribution in [-0.4, -0.2) is 22.4 Å². The van der Waals surface area contributed by atoms with Gasteiger partial charge in [0.15, 0.2) is 5.75 Å². The molecule has 2 aromatic carbocycles. The number of nitrogens with one attached hydrogen (secondary N) is 3. The van der Waals surface area contributed by atoms with Gasteiger partial charge in [0.05, 0.1) is 11.3 Å². The van der Waals surface area contributed by atoms with Crippen LogP contribution in [0.5, 0.6) is 5.75 Å². The van der Waals surface area contributed by atoms with E-state index in [2.05, 4.69) is 25.3 Å². The molecule has 0 aliphatic heterocycles. The number of amides is 2. The summed E-state index contributed by atoms with van der Waals surface area (Å²) in [6.07, 6.45) is -3.64. The van der Waals surface area contributed by atoms with E-state index < -0.39 is 23.7 Å². The standard InChI is InChI=1S/C20H18F3N5O3/c1-11-8-12(6-7-13(11)9-24)14-10-25-18(27-17(14)29)28-19(30)26-15-4-2-3-5-16(15)31-20(21,22)23/h2-8,10H,9,24H2,1H3,(H3,25,26,27,28,29,30). The van der Waals surface area contributed by atoms with Crippen LogP contribution in [0.15, 0.2) is 53.5 Å². The number of carbonyl (C=O) groups excluding carboxylic acids is 1. The van der Waals surface area contributed by atoms with Crippen molar-refractivity contribution in [2.45, 2.75) is 19.8 Å². The number of nitrogens with two attached hydrogens (primary N) is 1. The largest absolute Gasteiger partial charge is 0.573 e. The fraction of sp³-hybridized carbons (Fsp3) is 0.150. The second kappa shape index (κ2) is 8.88. The summed E-state index contributed by atoms with van der Waals surface area (Å²) in [5.41, 5.74) is 7.68. The van der Waals surface area contributed by atoms with E-state index in [1.165, 1.54) is 24.4 Å². The molecule has 0 fully saturated rings. The van der Waals surface area contributed by atoms with Crippen LogP contribution in [0.1, 0.15) is 11.1 Å². The molecule has 0 saturated carbocycles. The van der Waals surface area contributed by atoms with Crippen molar-refractivity contribution < 1.29 is 22.7 Å². The number of carbonyl (C=O) groups is 1. The van der Waals surface area contributed by atoms with Crippen LogP contribution < -0.4 is 26.7 Å². The molecule has 1 heterocycles. The van der Waals surface area contributed by atoms with Gasteiger partial charge in [-0.2, -0.15) is 0 Å². The molecule has 0 spiro atoms. The second-order valence-corrected chi connectivity index (χ2v) is 6.44. The maximum atomic E-state index is 12.5. The second-order valence-electron chi connectivity index (χ2n) is 6.44. The smallest absolute Gasteiger partial charge is 0.404 e. The number of ether oxygens (including phenoxy) is 1. The molecule has 2 amide bonds. The number of hydrogen-bond acceptors (Lipinski definition) is 5. The summed E-state index contributed by atoms with van der Waals surface area (Å²) < 4.78 is 41.3. The highest BCUT2D eigenvalue weighted by molar-refractivity contribution is 5.99. The zero-order valence-electron chi connectivity index (χ0n) is 16.2. The highest BCUT2D eigenvalue weighted by Crippen LogP contribution is 2.30. The highest BCUT2D eigenvalue weighted by Gasteiger charge is 2.32. The number of nitrogens with zero attached hydrogens (tertiary/aromatic N) is 1. The van der Waals surface area contributed by atoms with Crippen molar-refractivity contribution in [1.29, 1.82) is 0 Å². The first-order valence-corrected chi connectivity index (χ1v) is 8.98. The number of hydrogen-bond donors (Lipinski definition) is 4. The van der Waals surface area contributed by atoms with Gasteiger partial charge in [-0.1, -0.05) is 30.3 Å².